The van der Waals surface area contributed by atoms with Gasteiger partial charge in [0, 0.05) is 5.54 Å². The molecule has 21 heavy (non-hydrogen) atoms. The van der Waals surface area contributed by atoms with E-state index in [1.54, 1.807) is 11.8 Å². The lowest BCUT2D eigenvalue weighted by atomic mass is 9.99. The highest BCUT2D eigenvalue weighted by atomic mass is 32.2. The van der Waals surface area contributed by atoms with Gasteiger partial charge in [-0.25, -0.2) is 0 Å². The zero-order chi connectivity index (χ0) is 16.6. The molecule has 0 unspecified atom stereocenters. The Morgan fingerprint density at radius 1 is 1.24 bits per heavy atom. The van der Waals surface area contributed by atoms with Crippen molar-refractivity contribution in [3.05, 3.63) is 0 Å². The summed E-state index contributed by atoms with van der Waals surface area (Å²) in [6.07, 6.45) is 2.63. The first kappa shape index (κ1) is 20.2. The van der Waals surface area contributed by atoms with Crippen LogP contribution in [0.25, 0.3) is 0 Å². The molecule has 0 saturated heterocycles. The Kier molecular flexibility index (Phi) is 8.97. The van der Waals surface area contributed by atoms with Crippen molar-refractivity contribution in [1.82, 2.24) is 10.6 Å². The topological polar surface area (TPSA) is 67.4 Å². The number of nitrogens with one attached hydrogen (secondary N) is 2. The summed E-state index contributed by atoms with van der Waals surface area (Å²) < 4.78 is 4.83. The van der Waals surface area contributed by atoms with Crippen molar-refractivity contribution in [2.75, 3.05) is 19.1 Å². The van der Waals surface area contributed by atoms with Crippen molar-refractivity contribution >= 4 is 23.6 Å². The number of carbonyl (C=O) groups excluding carboxylic acids is 2. The van der Waals surface area contributed by atoms with Crippen molar-refractivity contribution in [3.8, 4) is 0 Å². The van der Waals surface area contributed by atoms with Gasteiger partial charge in [0.15, 0.2) is 0 Å². The molecule has 124 valence electrons. The van der Waals surface area contributed by atoms with Crippen LogP contribution in [-0.4, -0.2) is 48.6 Å². The van der Waals surface area contributed by atoms with Crippen LogP contribution >= 0.6 is 11.8 Å². The maximum atomic E-state index is 12.4. The van der Waals surface area contributed by atoms with Crippen LogP contribution in [0.1, 0.15) is 41.0 Å². The van der Waals surface area contributed by atoms with Crippen LogP contribution in [-0.2, 0) is 14.3 Å². The molecule has 0 rings (SSSR count). The molecule has 0 aromatic heterocycles. The first-order valence-corrected chi connectivity index (χ1v) is 8.66. The van der Waals surface area contributed by atoms with Crippen molar-refractivity contribution in [3.63, 3.8) is 0 Å². The molecule has 2 atom stereocenters. The predicted molar refractivity (Wildman–Crippen MR) is 88.5 cm³/mol. The van der Waals surface area contributed by atoms with Crippen LogP contribution < -0.4 is 10.6 Å². The minimum atomic E-state index is -0.458. The normalized spacial score (nSPS) is 14.7. The fraction of sp³-hybridized carbons (Fsp3) is 0.867. The fourth-order valence-corrected chi connectivity index (χ4v) is 2.35. The van der Waals surface area contributed by atoms with E-state index in [1.807, 2.05) is 40.9 Å². The standard InChI is InChI=1S/C15H30N2O3S/c1-10(2)12(13(18)17-15(3,4)5)16-11(8-9-21-7)14(19)20-6/h10-12,16H,8-9H2,1-7H3,(H,17,18)/t11-,12-/m0/s1. The number of esters is 1. The lowest BCUT2D eigenvalue weighted by molar-refractivity contribution is -0.143. The van der Waals surface area contributed by atoms with Crippen molar-refractivity contribution < 1.29 is 14.3 Å². The highest BCUT2D eigenvalue weighted by Crippen LogP contribution is 2.10. The van der Waals surface area contributed by atoms with E-state index in [9.17, 15) is 9.59 Å². The largest absolute Gasteiger partial charge is 0.468 e. The number of amides is 1. The van der Waals surface area contributed by atoms with Gasteiger partial charge in [-0.15, -0.1) is 0 Å². The van der Waals surface area contributed by atoms with E-state index in [4.69, 9.17) is 4.74 Å². The average molecular weight is 318 g/mol. The van der Waals surface area contributed by atoms with Crippen molar-refractivity contribution in [2.45, 2.75) is 58.7 Å². The number of thioether (sulfide) groups is 1. The van der Waals surface area contributed by atoms with E-state index < -0.39 is 12.1 Å². The maximum absolute atomic E-state index is 12.4. The lowest BCUT2D eigenvalue weighted by Crippen LogP contribution is -2.56. The van der Waals surface area contributed by atoms with Crippen LogP contribution in [0.15, 0.2) is 0 Å². The minimum Gasteiger partial charge on any atom is -0.468 e. The van der Waals surface area contributed by atoms with E-state index in [2.05, 4.69) is 10.6 Å². The van der Waals surface area contributed by atoms with Gasteiger partial charge in [0.2, 0.25) is 5.91 Å². The van der Waals surface area contributed by atoms with Gasteiger partial charge in [-0.3, -0.25) is 14.9 Å². The molecule has 0 aliphatic rings. The number of carbonyl (C=O) groups is 2. The van der Waals surface area contributed by atoms with Crippen molar-refractivity contribution in [2.24, 2.45) is 5.92 Å². The third-order valence-electron chi connectivity index (χ3n) is 2.92. The molecule has 0 saturated carbocycles. The second-order valence-electron chi connectivity index (χ2n) is 6.48. The molecular weight excluding hydrogens is 288 g/mol. The summed E-state index contributed by atoms with van der Waals surface area (Å²) in [6, 6.07) is -0.879. The van der Waals surface area contributed by atoms with Crippen LogP contribution in [0.4, 0.5) is 0 Å². The molecule has 0 aromatic rings. The molecule has 0 bridgehead atoms. The third-order valence-corrected chi connectivity index (χ3v) is 3.57. The summed E-state index contributed by atoms with van der Waals surface area (Å²) in [4.78, 5) is 24.2. The third kappa shape index (κ3) is 8.31. The Labute approximate surface area is 133 Å². The molecule has 0 aliphatic heterocycles. The predicted octanol–water partition coefficient (Wildman–Crippen LogP) is 1.81. The van der Waals surface area contributed by atoms with E-state index in [0.717, 1.165) is 5.75 Å². The number of hydrogen-bond acceptors (Lipinski definition) is 5. The van der Waals surface area contributed by atoms with Gasteiger partial charge < -0.3 is 10.1 Å². The Hall–Kier alpha value is -0.750. The molecule has 5 nitrogen and oxygen atoms in total. The molecule has 0 radical (unpaired) electrons. The summed E-state index contributed by atoms with van der Waals surface area (Å²) in [5.41, 5.74) is -0.300. The number of ether oxygens (including phenoxy) is 1. The van der Waals surface area contributed by atoms with E-state index in [0.29, 0.717) is 6.42 Å². The molecule has 0 aliphatic carbocycles. The molecule has 0 spiro atoms. The summed E-state index contributed by atoms with van der Waals surface area (Å²) in [6.45, 7) is 9.74. The SMILES string of the molecule is COC(=O)[C@H](CCSC)N[C@H](C(=O)NC(C)(C)C)C(C)C. The van der Waals surface area contributed by atoms with E-state index >= 15 is 0 Å². The maximum Gasteiger partial charge on any atom is 0.322 e. The smallest absolute Gasteiger partial charge is 0.322 e. The quantitative estimate of drug-likeness (QED) is 0.668. The summed E-state index contributed by atoms with van der Waals surface area (Å²) in [5.74, 6) is 0.501. The molecule has 2 N–H and O–H groups in total. The van der Waals surface area contributed by atoms with Crippen LogP contribution in [0.5, 0.6) is 0 Å². The molecule has 1 amide bonds. The molecule has 0 heterocycles. The Morgan fingerprint density at radius 3 is 2.19 bits per heavy atom. The van der Waals surface area contributed by atoms with Crippen LogP contribution in [0.2, 0.25) is 0 Å². The van der Waals surface area contributed by atoms with Gasteiger partial charge in [0.1, 0.15) is 6.04 Å². The Morgan fingerprint density at radius 2 is 1.81 bits per heavy atom. The molecule has 6 heteroatoms. The van der Waals surface area contributed by atoms with Gasteiger partial charge in [0.05, 0.1) is 13.2 Å². The molecule has 0 aromatic carbocycles. The zero-order valence-corrected chi connectivity index (χ0v) is 15.1. The van der Waals surface area contributed by atoms with Gasteiger partial charge in [0.25, 0.3) is 0 Å². The van der Waals surface area contributed by atoms with Crippen LogP contribution in [0.3, 0.4) is 0 Å². The second kappa shape index (κ2) is 9.30. The van der Waals surface area contributed by atoms with Gasteiger partial charge >= 0.3 is 5.97 Å². The highest BCUT2D eigenvalue weighted by Gasteiger charge is 2.30. The first-order valence-electron chi connectivity index (χ1n) is 7.27. The van der Waals surface area contributed by atoms with E-state index in [-0.39, 0.29) is 23.3 Å². The first-order chi connectivity index (χ1) is 9.62. The fourth-order valence-electron chi connectivity index (χ4n) is 1.88. The summed E-state index contributed by atoms with van der Waals surface area (Å²) >= 11 is 1.66. The Bertz CT molecular complexity index is 340. The summed E-state index contributed by atoms with van der Waals surface area (Å²) in [5, 5.41) is 6.12. The minimum absolute atomic E-state index is 0.0776. The number of rotatable bonds is 8. The second-order valence-corrected chi connectivity index (χ2v) is 7.47. The van der Waals surface area contributed by atoms with E-state index in [1.165, 1.54) is 7.11 Å². The van der Waals surface area contributed by atoms with Gasteiger partial charge in [-0.1, -0.05) is 13.8 Å². The molecular formula is C15H30N2O3S. The van der Waals surface area contributed by atoms with Gasteiger partial charge in [-0.2, -0.15) is 11.8 Å². The van der Waals surface area contributed by atoms with Crippen molar-refractivity contribution in [1.29, 1.82) is 0 Å². The van der Waals surface area contributed by atoms with Gasteiger partial charge in [-0.05, 0) is 45.1 Å². The summed E-state index contributed by atoms with van der Waals surface area (Å²) in [7, 11) is 1.37. The number of methoxy groups -OCH3 is 1. The molecule has 0 fully saturated rings. The lowest BCUT2D eigenvalue weighted by Gasteiger charge is -2.30. The zero-order valence-electron chi connectivity index (χ0n) is 14.3. The number of hydrogen-bond donors (Lipinski definition) is 2. The monoisotopic (exact) mass is 318 g/mol. The average Bonchev–Trinajstić information content (AvgIpc) is 2.35. The highest BCUT2D eigenvalue weighted by molar-refractivity contribution is 7.98. The van der Waals surface area contributed by atoms with Crippen LogP contribution in [0, 0.1) is 5.92 Å². The Balaban J connectivity index is 4.92.